The lowest BCUT2D eigenvalue weighted by molar-refractivity contribution is -0.120. The Morgan fingerprint density at radius 3 is 2.33 bits per heavy atom. The minimum absolute atomic E-state index is 0. The van der Waals surface area contributed by atoms with Crippen LogP contribution in [0.4, 0.5) is 0 Å². The van der Waals surface area contributed by atoms with Crippen LogP contribution in [0.1, 0.15) is 38.3 Å². The van der Waals surface area contributed by atoms with E-state index in [1.807, 2.05) is 6.07 Å². The molecule has 2 rings (SSSR count). The van der Waals surface area contributed by atoms with E-state index in [0.29, 0.717) is 13.1 Å². The van der Waals surface area contributed by atoms with E-state index in [1.54, 1.807) is 0 Å². The van der Waals surface area contributed by atoms with E-state index in [4.69, 9.17) is 0 Å². The van der Waals surface area contributed by atoms with E-state index in [-0.39, 0.29) is 36.8 Å². The summed E-state index contributed by atoms with van der Waals surface area (Å²) in [6, 6.07) is 10.7. The number of halogens is 2. The molecular formula is C18H31Cl2N3O. The highest BCUT2D eigenvalue weighted by Gasteiger charge is 2.21. The predicted octanol–water partition coefficient (Wildman–Crippen LogP) is 3.03. The third kappa shape index (κ3) is 7.84. The zero-order chi connectivity index (χ0) is 15.8. The van der Waals surface area contributed by atoms with Gasteiger partial charge in [0.15, 0.2) is 0 Å². The molecule has 0 aromatic heterocycles. The minimum Gasteiger partial charge on any atom is -0.353 e. The van der Waals surface area contributed by atoms with Gasteiger partial charge in [0.25, 0.3) is 0 Å². The fourth-order valence-electron chi connectivity index (χ4n) is 2.78. The molecule has 1 atom stereocenters. The van der Waals surface area contributed by atoms with Gasteiger partial charge in [0, 0.05) is 6.54 Å². The molecular weight excluding hydrogens is 345 g/mol. The molecule has 2 N–H and O–H groups in total. The second kappa shape index (κ2) is 12.5. The van der Waals surface area contributed by atoms with E-state index in [1.165, 1.54) is 18.4 Å². The zero-order valence-corrected chi connectivity index (χ0v) is 16.3. The summed E-state index contributed by atoms with van der Waals surface area (Å²) < 4.78 is 0. The molecule has 6 heteroatoms. The van der Waals surface area contributed by atoms with Crippen LogP contribution >= 0.6 is 24.8 Å². The van der Waals surface area contributed by atoms with Gasteiger partial charge in [-0.05, 0) is 44.0 Å². The van der Waals surface area contributed by atoms with Gasteiger partial charge >= 0.3 is 0 Å². The maximum Gasteiger partial charge on any atom is 0.234 e. The van der Waals surface area contributed by atoms with Gasteiger partial charge in [-0.3, -0.25) is 9.69 Å². The van der Waals surface area contributed by atoms with E-state index < -0.39 is 0 Å². The van der Waals surface area contributed by atoms with Crippen LogP contribution in [-0.2, 0) is 4.79 Å². The zero-order valence-electron chi connectivity index (χ0n) is 14.7. The first-order chi connectivity index (χ1) is 10.7. The summed E-state index contributed by atoms with van der Waals surface area (Å²) in [6.07, 6.45) is 2.62. The van der Waals surface area contributed by atoms with Gasteiger partial charge in [-0.15, -0.1) is 24.8 Å². The van der Waals surface area contributed by atoms with Crippen LogP contribution in [0.2, 0.25) is 0 Å². The highest BCUT2D eigenvalue weighted by atomic mass is 35.5. The molecule has 1 aliphatic carbocycles. The SMILES string of the molecule is CCN(CC)C(CNC(=O)CNCC1CC1)c1ccccc1.Cl.Cl. The number of carbonyl (C=O) groups is 1. The van der Waals surface area contributed by atoms with Crippen molar-refractivity contribution in [1.29, 1.82) is 0 Å². The van der Waals surface area contributed by atoms with Gasteiger partial charge in [-0.1, -0.05) is 44.2 Å². The summed E-state index contributed by atoms with van der Waals surface area (Å²) in [5.41, 5.74) is 1.26. The van der Waals surface area contributed by atoms with Crippen molar-refractivity contribution in [3.8, 4) is 0 Å². The third-order valence-corrected chi connectivity index (χ3v) is 4.35. The molecule has 1 aromatic rings. The monoisotopic (exact) mass is 375 g/mol. The molecule has 1 saturated carbocycles. The number of nitrogens with one attached hydrogen (secondary N) is 2. The molecule has 1 fully saturated rings. The second-order valence-corrected chi connectivity index (χ2v) is 6.03. The number of likely N-dealkylation sites (N-methyl/N-ethyl adjacent to an activating group) is 1. The molecule has 1 unspecified atom stereocenters. The van der Waals surface area contributed by atoms with Crippen molar-refractivity contribution in [3.05, 3.63) is 35.9 Å². The Labute approximate surface area is 158 Å². The molecule has 1 amide bonds. The van der Waals surface area contributed by atoms with Crippen molar-refractivity contribution in [3.63, 3.8) is 0 Å². The Balaban J connectivity index is 0.00000264. The van der Waals surface area contributed by atoms with Crippen LogP contribution in [0.5, 0.6) is 0 Å². The third-order valence-electron chi connectivity index (χ3n) is 4.35. The van der Waals surface area contributed by atoms with Crippen LogP contribution in [-0.4, -0.2) is 43.5 Å². The molecule has 24 heavy (non-hydrogen) atoms. The van der Waals surface area contributed by atoms with Gasteiger partial charge < -0.3 is 10.6 Å². The first kappa shape index (κ1) is 23.2. The Bertz CT molecular complexity index is 451. The van der Waals surface area contributed by atoms with Gasteiger partial charge in [0.05, 0.1) is 12.6 Å². The highest BCUT2D eigenvalue weighted by molar-refractivity contribution is 5.85. The first-order valence-corrected chi connectivity index (χ1v) is 8.51. The highest BCUT2D eigenvalue weighted by Crippen LogP contribution is 2.27. The Morgan fingerprint density at radius 1 is 1.17 bits per heavy atom. The number of amides is 1. The molecule has 1 aromatic carbocycles. The average molecular weight is 376 g/mol. The number of hydrogen-bond acceptors (Lipinski definition) is 3. The number of benzene rings is 1. The molecule has 4 nitrogen and oxygen atoms in total. The molecule has 0 bridgehead atoms. The molecule has 138 valence electrons. The van der Waals surface area contributed by atoms with Gasteiger partial charge in [-0.2, -0.15) is 0 Å². The number of nitrogens with zero attached hydrogens (tertiary/aromatic N) is 1. The molecule has 0 heterocycles. The van der Waals surface area contributed by atoms with Gasteiger partial charge in [-0.25, -0.2) is 0 Å². The standard InChI is InChI=1S/C18H29N3O.2ClH/c1-3-21(4-2)17(16-8-6-5-7-9-16)13-20-18(22)14-19-12-15-10-11-15;;/h5-9,15,17,19H,3-4,10-14H2,1-2H3,(H,20,22);2*1H. The van der Waals surface area contributed by atoms with Crippen LogP contribution in [0.25, 0.3) is 0 Å². The summed E-state index contributed by atoms with van der Waals surface area (Å²) in [5.74, 6) is 0.897. The van der Waals surface area contributed by atoms with Crippen molar-refractivity contribution < 1.29 is 4.79 Å². The Hall–Kier alpha value is -0.810. The summed E-state index contributed by atoms with van der Waals surface area (Å²) in [7, 11) is 0. The van der Waals surface area contributed by atoms with Crippen molar-refractivity contribution in [2.24, 2.45) is 5.92 Å². The first-order valence-electron chi connectivity index (χ1n) is 8.51. The maximum atomic E-state index is 12.0. The fraction of sp³-hybridized carbons (Fsp3) is 0.611. The predicted molar refractivity (Wildman–Crippen MR) is 105 cm³/mol. The van der Waals surface area contributed by atoms with Crippen molar-refractivity contribution in [2.75, 3.05) is 32.7 Å². The lowest BCUT2D eigenvalue weighted by Crippen LogP contribution is -2.41. The van der Waals surface area contributed by atoms with Crippen LogP contribution in [0.15, 0.2) is 30.3 Å². The molecule has 1 aliphatic rings. The van der Waals surface area contributed by atoms with Crippen molar-refractivity contribution in [1.82, 2.24) is 15.5 Å². The molecule has 0 spiro atoms. The van der Waals surface area contributed by atoms with Gasteiger partial charge in [0.2, 0.25) is 5.91 Å². The van der Waals surface area contributed by atoms with E-state index in [0.717, 1.165) is 25.6 Å². The normalized spacial score (nSPS) is 14.5. The summed E-state index contributed by atoms with van der Waals surface area (Å²) in [4.78, 5) is 14.4. The number of rotatable bonds is 10. The number of carbonyl (C=O) groups excluding carboxylic acids is 1. The quantitative estimate of drug-likeness (QED) is 0.660. The Morgan fingerprint density at radius 2 is 1.79 bits per heavy atom. The van der Waals surface area contributed by atoms with Crippen LogP contribution < -0.4 is 10.6 Å². The van der Waals surface area contributed by atoms with E-state index in [2.05, 4.69) is 53.6 Å². The van der Waals surface area contributed by atoms with Gasteiger partial charge in [0.1, 0.15) is 0 Å². The minimum atomic E-state index is 0. The fourth-order valence-corrected chi connectivity index (χ4v) is 2.78. The second-order valence-electron chi connectivity index (χ2n) is 6.03. The number of hydrogen-bond donors (Lipinski definition) is 2. The lowest BCUT2D eigenvalue weighted by atomic mass is 10.1. The average Bonchev–Trinajstić information content (AvgIpc) is 3.36. The smallest absolute Gasteiger partial charge is 0.234 e. The van der Waals surface area contributed by atoms with Crippen molar-refractivity contribution >= 4 is 30.7 Å². The lowest BCUT2D eigenvalue weighted by Gasteiger charge is -2.30. The van der Waals surface area contributed by atoms with Crippen LogP contribution in [0.3, 0.4) is 0 Å². The molecule has 0 saturated heterocycles. The van der Waals surface area contributed by atoms with Crippen molar-refractivity contribution in [2.45, 2.75) is 32.7 Å². The van der Waals surface area contributed by atoms with Crippen LogP contribution in [0, 0.1) is 5.92 Å². The van der Waals surface area contributed by atoms with E-state index in [9.17, 15) is 4.79 Å². The largest absolute Gasteiger partial charge is 0.353 e. The maximum absolute atomic E-state index is 12.0. The van der Waals surface area contributed by atoms with E-state index >= 15 is 0 Å². The summed E-state index contributed by atoms with van der Waals surface area (Å²) in [6.45, 7) is 8.35. The topological polar surface area (TPSA) is 44.4 Å². The summed E-state index contributed by atoms with van der Waals surface area (Å²) >= 11 is 0. The molecule has 0 radical (unpaired) electrons. The Kier molecular flexibility index (Phi) is 12.1. The molecule has 0 aliphatic heterocycles. The summed E-state index contributed by atoms with van der Waals surface area (Å²) in [5, 5.41) is 6.32.